The Kier molecular flexibility index (Phi) is 7.01. The zero-order valence-electron chi connectivity index (χ0n) is 16.8. The van der Waals surface area contributed by atoms with Gasteiger partial charge in [-0.25, -0.2) is 13.2 Å². The standard InChI is InChI=1S/C24H27F3O2/c1-3-29-19-11-13-21(22(25)14-19)17-7-4-16(5-8-17)6-9-18-10-12-20(15(2)28)24(27)23(18)26/h6,9-17,28H,3-5,7-8H2,1-2H3/b9-6+. The van der Waals surface area contributed by atoms with Crippen LogP contribution in [0.2, 0.25) is 0 Å². The van der Waals surface area contributed by atoms with E-state index < -0.39 is 17.7 Å². The molecule has 1 fully saturated rings. The van der Waals surface area contributed by atoms with Crippen LogP contribution < -0.4 is 4.74 Å². The van der Waals surface area contributed by atoms with E-state index in [9.17, 15) is 18.3 Å². The minimum atomic E-state index is -1.05. The molecule has 1 atom stereocenters. The highest BCUT2D eigenvalue weighted by molar-refractivity contribution is 5.51. The van der Waals surface area contributed by atoms with Crippen molar-refractivity contribution in [1.82, 2.24) is 0 Å². The quantitative estimate of drug-likeness (QED) is 0.592. The molecule has 2 nitrogen and oxygen atoms in total. The summed E-state index contributed by atoms with van der Waals surface area (Å²) in [6, 6.07) is 7.95. The van der Waals surface area contributed by atoms with E-state index >= 15 is 0 Å². The molecule has 0 radical (unpaired) electrons. The smallest absolute Gasteiger partial charge is 0.166 e. The first-order valence-corrected chi connectivity index (χ1v) is 10.2. The summed E-state index contributed by atoms with van der Waals surface area (Å²) >= 11 is 0. The highest BCUT2D eigenvalue weighted by Crippen LogP contribution is 2.38. The van der Waals surface area contributed by atoms with Crippen molar-refractivity contribution in [3.63, 3.8) is 0 Å². The summed E-state index contributed by atoms with van der Waals surface area (Å²) in [4.78, 5) is 0. The van der Waals surface area contributed by atoms with Gasteiger partial charge in [0.25, 0.3) is 0 Å². The highest BCUT2D eigenvalue weighted by Gasteiger charge is 2.23. The predicted molar refractivity (Wildman–Crippen MR) is 108 cm³/mol. The molecule has 0 aliphatic heterocycles. The van der Waals surface area contributed by atoms with Gasteiger partial charge in [0.1, 0.15) is 11.6 Å². The van der Waals surface area contributed by atoms with Gasteiger partial charge in [-0.15, -0.1) is 0 Å². The van der Waals surface area contributed by atoms with E-state index in [0.29, 0.717) is 12.4 Å². The molecule has 0 bridgehead atoms. The molecule has 1 N–H and O–H groups in total. The monoisotopic (exact) mass is 404 g/mol. The fourth-order valence-corrected chi connectivity index (χ4v) is 3.99. The van der Waals surface area contributed by atoms with Gasteiger partial charge in [-0.2, -0.15) is 0 Å². The van der Waals surface area contributed by atoms with E-state index in [4.69, 9.17) is 4.74 Å². The second-order valence-electron chi connectivity index (χ2n) is 7.64. The van der Waals surface area contributed by atoms with Crippen LogP contribution in [-0.4, -0.2) is 11.7 Å². The van der Waals surface area contributed by atoms with Crippen molar-refractivity contribution < 1.29 is 23.0 Å². The van der Waals surface area contributed by atoms with Crippen LogP contribution in [0.3, 0.4) is 0 Å². The third kappa shape index (κ3) is 5.02. The van der Waals surface area contributed by atoms with Crippen molar-refractivity contribution in [2.45, 2.75) is 51.6 Å². The average molecular weight is 404 g/mol. The molecule has 2 aromatic carbocycles. The molecule has 0 amide bonds. The molecule has 0 spiro atoms. The summed E-state index contributed by atoms with van der Waals surface area (Å²) in [5, 5.41) is 9.48. The van der Waals surface area contributed by atoms with E-state index in [1.54, 1.807) is 6.08 Å². The topological polar surface area (TPSA) is 29.5 Å². The molecule has 1 aliphatic carbocycles. The van der Waals surface area contributed by atoms with Gasteiger partial charge in [-0.05, 0) is 63.0 Å². The van der Waals surface area contributed by atoms with E-state index in [-0.39, 0.29) is 28.8 Å². The first-order valence-electron chi connectivity index (χ1n) is 10.2. The first kappa shape index (κ1) is 21.4. The first-order chi connectivity index (χ1) is 13.9. The fourth-order valence-electron chi connectivity index (χ4n) is 3.99. The number of hydrogen-bond acceptors (Lipinski definition) is 2. The summed E-state index contributed by atoms with van der Waals surface area (Å²) in [5.74, 6) is -1.22. The Hall–Kier alpha value is -2.27. The molecule has 0 heterocycles. The maximum absolute atomic E-state index is 14.4. The molecule has 1 saturated carbocycles. The molecule has 0 saturated heterocycles. The third-order valence-electron chi connectivity index (χ3n) is 5.63. The molecule has 0 aromatic heterocycles. The van der Waals surface area contributed by atoms with Crippen molar-refractivity contribution >= 4 is 6.08 Å². The number of aliphatic hydroxyl groups excluding tert-OH is 1. The third-order valence-corrected chi connectivity index (χ3v) is 5.63. The zero-order chi connectivity index (χ0) is 21.0. The summed E-state index contributed by atoms with van der Waals surface area (Å²) in [7, 11) is 0. The lowest BCUT2D eigenvalue weighted by atomic mass is 9.78. The van der Waals surface area contributed by atoms with Crippen LogP contribution in [-0.2, 0) is 0 Å². The largest absolute Gasteiger partial charge is 0.494 e. The highest BCUT2D eigenvalue weighted by atomic mass is 19.2. The Morgan fingerprint density at radius 1 is 1.07 bits per heavy atom. The second-order valence-corrected chi connectivity index (χ2v) is 7.64. The number of allylic oxidation sites excluding steroid dienone is 1. The van der Waals surface area contributed by atoms with E-state index in [1.165, 1.54) is 25.1 Å². The minimum Gasteiger partial charge on any atom is -0.494 e. The van der Waals surface area contributed by atoms with Gasteiger partial charge in [0.15, 0.2) is 11.6 Å². The predicted octanol–water partition coefficient (Wildman–Crippen LogP) is 6.54. The fraction of sp³-hybridized carbons (Fsp3) is 0.417. The molecular formula is C24H27F3O2. The Morgan fingerprint density at radius 3 is 2.41 bits per heavy atom. The summed E-state index contributed by atoms with van der Waals surface area (Å²) in [6.07, 6.45) is 5.88. The van der Waals surface area contributed by atoms with Crippen LogP contribution in [0, 0.1) is 23.4 Å². The molecule has 1 aliphatic rings. The van der Waals surface area contributed by atoms with Gasteiger partial charge in [0.2, 0.25) is 0 Å². The van der Waals surface area contributed by atoms with Gasteiger partial charge >= 0.3 is 0 Å². The Bertz CT molecular complexity index is 869. The van der Waals surface area contributed by atoms with Crippen molar-refractivity contribution in [3.05, 3.63) is 70.5 Å². The van der Waals surface area contributed by atoms with Crippen LogP contribution in [0.15, 0.2) is 36.4 Å². The van der Waals surface area contributed by atoms with Gasteiger partial charge in [0, 0.05) is 17.2 Å². The number of benzene rings is 2. The van der Waals surface area contributed by atoms with Gasteiger partial charge in [-0.1, -0.05) is 30.4 Å². The van der Waals surface area contributed by atoms with Crippen LogP contribution in [0.5, 0.6) is 5.75 Å². The van der Waals surface area contributed by atoms with Crippen molar-refractivity contribution in [2.24, 2.45) is 5.92 Å². The average Bonchev–Trinajstić information content (AvgIpc) is 2.70. The molecule has 3 rings (SSSR count). The lowest BCUT2D eigenvalue weighted by molar-refractivity contribution is 0.192. The van der Waals surface area contributed by atoms with Crippen LogP contribution in [0.25, 0.3) is 6.08 Å². The van der Waals surface area contributed by atoms with E-state index in [2.05, 4.69) is 0 Å². The van der Waals surface area contributed by atoms with E-state index in [0.717, 1.165) is 31.2 Å². The molecule has 2 aromatic rings. The van der Waals surface area contributed by atoms with Gasteiger partial charge in [-0.3, -0.25) is 0 Å². The Morgan fingerprint density at radius 2 is 1.79 bits per heavy atom. The molecule has 1 unspecified atom stereocenters. The molecule has 29 heavy (non-hydrogen) atoms. The maximum atomic E-state index is 14.4. The number of rotatable bonds is 6. The van der Waals surface area contributed by atoms with Crippen molar-refractivity contribution in [2.75, 3.05) is 6.61 Å². The Balaban J connectivity index is 1.62. The van der Waals surface area contributed by atoms with Crippen molar-refractivity contribution in [1.29, 1.82) is 0 Å². The van der Waals surface area contributed by atoms with Crippen LogP contribution in [0.1, 0.15) is 68.2 Å². The minimum absolute atomic E-state index is 0.0439. The summed E-state index contributed by atoms with van der Waals surface area (Å²) < 4.78 is 48.0. The van der Waals surface area contributed by atoms with Crippen LogP contribution in [0.4, 0.5) is 13.2 Å². The van der Waals surface area contributed by atoms with Crippen molar-refractivity contribution in [3.8, 4) is 5.75 Å². The van der Waals surface area contributed by atoms with Gasteiger partial charge in [0.05, 0.1) is 12.7 Å². The Labute approximate surface area is 170 Å². The van der Waals surface area contributed by atoms with Gasteiger partial charge < -0.3 is 9.84 Å². The lowest BCUT2D eigenvalue weighted by Crippen LogP contribution is -2.13. The van der Waals surface area contributed by atoms with Crippen LogP contribution >= 0.6 is 0 Å². The number of hydrogen-bond donors (Lipinski definition) is 1. The summed E-state index contributed by atoms with van der Waals surface area (Å²) in [5.41, 5.74) is 0.849. The normalized spacial score (nSPS) is 20.8. The number of halogens is 3. The summed E-state index contributed by atoms with van der Waals surface area (Å²) in [6.45, 7) is 3.77. The molecule has 5 heteroatoms. The SMILES string of the molecule is CCOc1ccc(C2CCC(/C=C/c3ccc(C(C)O)c(F)c3F)CC2)c(F)c1. The zero-order valence-corrected chi connectivity index (χ0v) is 16.8. The maximum Gasteiger partial charge on any atom is 0.166 e. The lowest BCUT2D eigenvalue weighted by Gasteiger charge is -2.27. The number of aliphatic hydroxyl groups is 1. The van der Waals surface area contributed by atoms with E-state index in [1.807, 2.05) is 25.1 Å². The number of ether oxygens (including phenoxy) is 1. The molecular weight excluding hydrogens is 377 g/mol. The second kappa shape index (κ2) is 9.49. The molecule has 156 valence electrons.